The Bertz CT molecular complexity index is 375. The van der Waals surface area contributed by atoms with Crippen molar-refractivity contribution in [3.8, 4) is 0 Å². The number of rotatable bonds is 2. The molecule has 1 unspecified atom stereocenters. The van der Waals surface area contributed by atoms with Gasteiger partial charge in [0.2, 0.25) is 0 Å². The van der Waals surface area contributed by atoms with Gasteiger partial charge in [-0.3, -0.25) is 4.79 Å². The summed E-state index contributed by atoms with van der Waals surface area (Å²) in [5, 5.41) is 0. The van der Waals surface area contributed by atoms with Gasteiger partial charge in [0, 0.05) is 31.5 Å². The monoisotopic (exact) mass is 223 g/mol. The second-order valence-corrected chi connectivity index (χ2v) is 4.00. The summed E-state index contributed by atoms with van der Waals surface area (Å²) in [6.07, 6.45) is 1.75. The molecular weight excluding hydrogens is 206 g/mol. The Morgan fingerprint density at radius 1 is 1.75 bits per heavy atom. The van der Waals surface area contributed by atoms with E-state index in [2.05, 4.69) is 4.98 Å². The Balaban J connectivity index is 2.07. The Hall–Kier alpha value is -1.33. The minimum Gasteiger partial charge on any atom is -0.373 e. The Morgan fingerprint density at radius 2 is 2.56 bits per heavy atom. The molecule has 1 aromatic rings. The largest absolute Gasteiger partial charge is 0.373 e. The minimum atomic E-state index is -0.0306. The summed E-state index contributed by atoms with van der Waals surface area (Å²) < 4.78 is 5.43. The summed E-state index contributed by atoms with van der Waals surface area (Å²) in [5.41, 5.74) is 7.18. The molecule has 88 valence electrons. The number of nitrogens with zero attached hydrogens (tertiary/aromatic N) is 1. The molecule has 0 aromatic carbocycles. The van der Waals surface area contributed by atoms with E-state index in [0.717, 1.165) is 11.3 Å². The highest BCUT2D eigenvalue weighted by atomic mass is 16.5. The fourth-order valence-corrected chi connectivity index (χ4v) is 1.90. The van der Waals surface area contributed by atoms with Gasteiger partial charge in [0.05, 0.1) is 18.3 Å². The topological polar surface area (TPSA) is 71.3 Å². The zero-order chi connectivity index (χ0) is 11.5. The SMILES string of the molecule is Cc1[nH]ccc1C(=O)N1CCOC(CN)C1. The first-order valence-electron chi connectivity index (χ1n) is 5.47. The molecule has 0 aliphatic carbocycles. The number of morpholine rings is 1. The van der Waals surface area contributed by atoms with E-state index in [1.54, 1.807) is 11.1 Å². The highest BCUT2D eigenvalue weighted by Crippen LogP contribution is 2.12. The van der Waals surface area contributed by atoms with Gasteiger partial charge < -0.3 is 20.4 Å². The van der Waals surface area contributed by atoms with Crippen molar-refractivity contribution in [3.63, 3.8) is 0 Å². The van der Waals surface area contributed by atoms with E-state index in [-0.39, 0.29) is 12.0 Å². The third kappa shape index (κ3) is 2.10. The molecule has 1 amide bonds. The molecule has 3 N–H and O–H groups in total. The van der Waals surface area contributed by atoms with Crippen LogP contribution in [0.4, 0.5) is 0 Å². The zero-order valence-electron chi connectivity index (χ0n) is 9.40. The first kappa shape index (κ1) is 11.2. The molecule has 0 bridgehead atoms. The number of nitrogens with two attached hydrogens (primary N) is 1. The van der Waals surface area contributed by atoms with E-state index >= 15 is 0 Å². The number of amides is 1. The number of nitrogens with one attached hydrogen (secondary N) is 1. The maximum Gasteiger partial charge on any atom is 0.255 e. The summed E-state index contributed by atoms with van der Waals surface area (Å²) in [6.45, 7) is 4.14. The Kier molecular flexibility index (Phi) is 3.26. The second-order valence-electron chi connectivity index (χ2n) is 4.00. The molecule has 5 heteroatoms. The van der Waals surface area contributed by atoms with Crippen molar-refractivity contribution in [1.29, 1.82) is 0 Å². The number of carbonyl (C=O) groups is 1. The number of hydrogen-bond donors (Lipinski definition) is 2. The number of carbonyl (C=O) groups excluding carboxylic acids is 1. The normalized spacial score (nSPS) is 21.1. The average molecular weight is 223 g/mol. The lowest BCUT2D eigenvalue weighted by Gasteiger charge is -2.32. The van der Waals surface area contributed by atoms with Crippen LogP contribution in [-0.4, -0.2) is 48.1 Å². The lowest BCUT2D eigenvalue weighted by Crippen LogP contribution is -2.48. The Labute approximate surface area is 94.6 Å². The van der Waals surface area contributed by atoms with Gasteiger partial charge in [0.15, 0.2) is 0 Å². The molecule has 0 saturated carbocycles. The maximum atomic E-state index is 12.2. The molecule has 1 aromatic heterocycles. The van der Waals surface area contributed by atoms with Crippen LogP contribution in [0.15, 0.2) is 12.3 Å². The molecule has 2 heterocycles. The van der Waals surface area contributed by atoms with Crippen LogP contribution < -0.4 is 5.73 Å². The van der Waals surface area contributed by atoms with Gasteiger partial charge >= 0.3 is 0 Å². The minimum absolute atomic E-state index is 0.0306. The van der Waals surface area contributed by atoms with Crippen molar-refractivity contribution in [3.05, 3.63) is 23.5 Å². The molecular formula is C11H17N3O2. The molecule has 1 fully saturated rings. The molecule has 1 aliphatic rings. The van der Waals surface area contributed by atoms with Crippen LogP contribution in [0, 0.1) is 6.92 Å². The van der Waals surface area contributed by atoms with Crippen molar-refractivity contribution in [2.24, 2.45) is 5.73 Å². The van der Waals surface area contributed by atoms with Crippen LogP contribution in [-0.2, 0) is 4.74 Å². The molecule has 2 rings (SSSR count). The number of ether oxygens (including phenoxy) is 1. The van der Waals surface area contributed by atoms with Gasteiger partial charge in [0.1, 0.15) is 0 Å². The van der Waals surface area contributed by atoms with Crippen LogP contribution >= 0.6 is 0 Å². The predicted octanol–water partition coefficient (Wildman–Crippen LogP) is 0.123. The number of aromatic amines is 1. The summed E-state index contributed by atoms with van der Waals surface area (Å²) in [4.78, 5) is 17.0. The number of aryl methyl sites for hydroxylation is 1. The first-order valence-corrected chi connectivity index (χ1v) is 5.47. The van der Waals surface area contributed by atoms with Gasteiger partial charge in [-0.2, -0.15) is 0 Å². The molecule has 0 spiro atoms. The molecule has 5 nitrogen and oxygen atoms in total. The van der Waals surface area contributed by atoms with Crippen molar-refractivity contribution in [2.75, 3.05) is 26.2 Å². The van der Waals surface area contributed by atoms with Crippen LogP contribution in [0.5, 0.6) is 0 Å². The third-order valence-electron chi connectivity index (χ3n) is 2.87. The van der Waals surface area contributed by atoms with E-state index < -0.39 is 0 Å². The Morgan fingerprint density at radius 3 is 3.19 bits per heavy atom. The summed E-state index contributed by atoms with van der Waals surface area (Å²) in [7, 11) is 0. The number of hydrogen-bond acceptors (Lipinski definition) is 3. The predicted molar refractivity (Wildman–Crippen MR) is 60.2 cm³/mol. The van der Waals surface area contributed by atoms with Crippen LogP contribution in [0.2, 0.25) is 0 Å². The fourth-order valence-electron chi connectivity index (χ4n) is 1.90. The van der Waals surface area contributed by atoms with Gasteiger partial charge in [-0.15, -0.1) is 0 Å². The van der Waals surface area contributed by atoms with Crippen molar-refractivity contribution < 1.29 is 9.53 Å². The molecule has 16 heavy (non-hydrogen) atoms. The highest BCUT2D eigenvalue weighted by Gasteiger charge is 2.25. The van der Waals surface area contributed by atoms with Crippen molar-refractivity contribution in [1.82, 2.24) is 9.88 Å². The van der Waals surface area contributed by atoms with E-state index in [0.29, 0.717) is 26.2 Å². The zero-order valence-corrected chi connectivity index (χ0v) is 9.40. The number of H-pyrrole nitrogens is 1. The van der Waals surface area contributed by atoms with Gasteiger partial charge in [-0.05, 0) is 13.0 Å². The maximum absolute atomic E-state index is 12.2. The fraction of sp³-hybridized carbons (Fsp3) is 0.545. The number of aromatic nitrogens is 1. The molecule has 0 radical (unpaired) electrons. The smallest absolute Gasteiger partial charge is 0.255 e. The van der Waals surface area contributed by atoms with Crippen molar-refractivity contribution in [2.45, 2.75) is 13.0 Å². The third-order valence-corrected chi connectivity index (χ3v) is 2.87. The van der Waals surface area contributed by atoms with Crippen LogP contribution in [0.25, 0.3) is 0 Å². The highest BCUT2D eigenvalue weighted by molar-refractivity contribution is 5.95. The summed E-state index contributed by atoms with van der Waals surface area (Å²) >= 11 is 0. The van der Waals surface area contributed by atoms with Crippen LogP contribution in [0.3, 0.4) is 0 Å². The van der Waals surface area contributed by atoms with E-state index in [4.69, 9.17) is 10.5 Å². The van der Waals surface area contributed by atoms with E-state index in [9.17, 15) is 4.79 Å². The van der Waals surface area contributed by atoms with E-state index in [1.165, 1.54) is 0 Å². The lowest BCUT2D eigenvalue weighted by molar-refractivity contribution is -0.0167. The molecule has 1 aliphatic heterocycles. The van der Waals surface area contributed by atoms with Gasteiger partial charge in [-0.1, -0.05) is 0 Å². The lowest BCUT2D eigenvalue weighted by atomic mass is 10.2. The quantitative estimate of drug-likeness (QED) is 0.748. The van der Waals surface area contributed by atoms with Crippen molar-refractivity contribution >= 4 is 5.91 Å². The van der Waals surface area contributed by atoms with Crippen LogP contribution in [0.1, 0.15) is 16.1 Å². The summed E-state index contributed by atoms with van der Waals surface area (Å²) in [5.74, 6) is 0.0560. The summed E-state index contributed by atoms with van der Waals surface area (Å²) in [6, 6.07) is 1.81. The van der Waals surface area contributed by atoms with E-state index in [1.807, 2.05) is 13.0 Å². The van der Waals surface area contributed by atoms with Gasteiger partial charge in [0.25, 0.3) is 5.91 Å². The standard InChI is InChI=1S/C11H17N3O2/c1-8-10(2-3-13-8)11(15)14-4-5-16-9(6-12)7-14/h2-3,9,13H,4-7,12H2,1H3. The second kappa shape index (κ2) is 4.67. The average Bonchev–Trinajstić information content (AvgIpc) is 2.74. The molecule has 1 atom stereocenters. The van der Waals surface area contributed by atoms with Gasteiger partial charge in [-0.25, -0.2) is 0 Å². The first-order chi connectivity index (χ1) is 7.72. The molecule has 1 saturated heterocycles.